The van der Waals surface area contributed by atoms with Crippen LogP contribution in [0, 0.1) is 5.82 Å². The summed E-state index contributed by atoms with van der Waals surface area (Å²) in [6.45, 7) is -0.915. The van der Waals surface area contributed by atoms with Gasteiger partial charge in [-0.05, 0) is 36.4 Å². The van der Waals surface area contributed by atoms with Crippen LogP contribution in [0.25, 0.3) is 16.8 Å². The van der Waals surface area contributed by atoms with Gasteiger partial charge in [0.05, 0.1) is 0 Å². The fraction of sp³-hybridized carbons (Fsp3) is 0.0556. The first-order chi connectivity index (χ1) is 11.2. The van der Waals surface area contributed by atoms with E-state index in [0.29, 0.717) is 22.6 Å². The van der Waals surface area contributed by atoms with Gasteiger partial charge in [-0.25, -0.2) is 8.78 Å². The molecule has 3 nitrogen and oxygen atoms in total. The summed E-state index contributed by atoms with van der Waals surface area (Å²) in [4.78, 5) is 12.1. The minimum Gasteiger partial charge on any atom is -0.463 e. The van der Waals surface area contributed by atoms with Crippen LogP contribution >= 0.6 is 0 Å². The average Bonchev–Trinajstić information content (AvgIpc) is 2.57. The highest BCUT2D eigenvalue weighted by atomic mass is 19.1. The molecule has 0 atom stereocenters. The van der Waals surface area contributed by atoms with E-state index in [1.54, 1.807) is 54.7 Å². The molecule has 116 valence electrons. The van der Waals surface area contributed by atoms with Crippen LogP contribution in [-0.4, -0.2) is 11.4 Å². The Morgan fingerprint density at radius 1 is 0.957 bits per heavy atom. The minimum absolute atomic E-state index is 0.246. The van der Waals surface area contributed by atoms with E-state index in [-0.39, 0.29) is 11.4 Å². The molecule has 0 saturated carbocycles. The van der Waals surface area contributed by atoms with Gasteiger partial charge in [-0.2, -0.15) is 0 Å². The van der Waals surface area contributed by atoms with Crippen LogP contribution in [0.5, 0.6) is 5.75 Å². The van der Waals surface area contributed by atoms with Crippen LogP contribution in [0.4, 0.5) is 8.78 Å². The van der Waals surface area contributed by atoms with Crippen LogP contribution in [0.3, 0.4) is 0 Å². The van der Waals surface area contributed by atoms with E-state index in [4.69, 9.17) is 4.74 Å². The summed E-state index contributed by atoms with van der Waals surface area (Å²) in [5.41, 5.74) is 1.34. The normalized spacial score (nSPS) is 10.5. The molecule has 0 N–H and O–H groups in total. The first-order valence-electron chi connectivity index (χ1n) is 6.96. The number of alkyl halides is 1. The minimum atomic E-state index is -0.915. The summed E-state index contributed by atoms with van der Waals surface area (Å²) in [5, 5.41) is 0. The predicted molar refractivity (Wildman–Crippen MR) is 84.0 cm³/mol. The summed E-state index contributed by atoms with van der Waals surface area (Å²) in [5.74, 6) is 0.0129. The zero-order chi connectivity index (χ0) is 16.2. The van der Waals surface area contributed by atoms with Crippen molar-refractivity contribution in [3.05, 3.63) is 83.0 Å². The molecule has 23 heavy (non-hydrogen) atoms. The van der Waals surface area contributed by atoms with E-state index >= 15 is 0 Å². The Kier molecular flexibility index (Phi) is 4.19. The summed E-state index contributed by atoms with van der Waals surface area (Å²) in [6.07, 6.45) is 1.58. The Labute approximate surface area is 131 Å². The van der Waals surface area contributed by atoms with Crippen molar-refractivity contribution in [2.24, 2.45) is 0 Å². The van der Waals surface area contributed by atoms with E-state index in [9.17, 15) is 13.6 Å². The van der Waals surface area contributed by atoms with Crippen molar-refractivity contribution in [2.45, 2.75) is 0 Å². The van der Waals surface area contributed by atoms with E-state index in [1.807, 2.05) is 0 Å². The number of nitrogens with zero attached hydrogens (tertiary/aromatic N) is 1. The molecule has 3 aromatic rings. The summed E-state index contributed by atoms with van der Waals surface area (Å²) < 4.78 is 32.2. The third-order valence-electron chi connectivity index (χ3n) is 3.43. The highest BCUT2D eigenvalue weighted by Gasteiger charge is 2.07. The molecule has 5 heteroatoms. The van der Waals surface area contributed by atoms with Gasteiger partial charge >= 0.3 is 0 Å². The highest BCUT2D eigenvalue weighted by molar-refractivity contribution is 5.63. The van der Waals surface area contributed by atoms with Crippen LogP contribution in [0.15, 0.2) is 71.7 Å². The predicted octanol–water partition coefficient (Wildman–Crippen LogP) is 3.95. The standard InChI is InChI=1S/C18H13F2NO2/c19-12-23-15-8-6-14(7-9-15)21-11-13(5-10-18(21)22)16-3-1-2-4-17(16)20/h1-11H,12H2. The van der Waals surface area contributed by atoms with Crippen molar-refractivity contribution in [2.75, 3.05) is 6.86 Å². The fourth-order valence-electron chi connectivity index (χ4n) is 2.31. The SMILES string of the molecule is O=c1ccc(-c2ccccc2F)cn1-c1ccc(OCF)cc1. The van der Waals surface area contributed by atoms with Gasteiger partial charge in [0.15, 0.2) is 0 Å². The van der Waals surface area contributed by atoms with E-state index < -0.39 is 6.86 Å². The maximum Gasteiger partial charge on any atom is 0.255 e. The summed E-state index contributed by atoms with van der Waals surface area (Å²) in [6, 6.07) is 15.7. The second kappa shape index (κ2) is 6.44. The first kappa shape index (κ1) is 15.0. The molecule has 2 aromatic carbocycles. The van der Waals surface area contributed by atoms with Gasteiger partial charge in [-0.3, -0.25) is 9.36 Å². The molecule has 0 saturated heterocycles. The number of halogens is 2. The third-order valence-corrected chi connectivity index (χ3v) is 3.43. The lowest BCUT2D eigenvalue weighted by molar-refractivity contribution is 0.192. The quantitative estimate of drug-likeness (QED) is 0.730. The number of pyridine rings is 1. The molecule has 0 aliphatic carbocycles. The van der Waals surface area contributed by atoms with Gasteiger partial charge in [0.1, 0.15) is 11.6 Å². The molecule has 0 amide bonds. The zero-order valence-corrected chi connectivity index (χ0v) is 12.1. The molecule has 0 aliphatic heterocycles. The van der Waals surface area contributed by atoms with Gasteiger partial charge in [0.2, 0.25) is 6.86 Å². The lowest BCUT2D eigenvalue weighted by atomic mass is 10.1. The molecule has 1 heterocycles. The molecule has 1 aromatic heterocycles. The molecule has 3 rings (SSSR count). The lowest BCUT2D eigenvalue weighted by Gasteiger charge is -2.10. The number of hydrogen-bond acceptors (Lipinski definition) is 2. The van der Waals surface area contributed by atoms with Crippen molar-refractivity contribution in [1.29, 1.82) is 0 Å². The van der Waals surface area contributed by atoms with Gasteiger partial charge in [0, 0.05) is 29.1 Å². The number of ether oxygens (including phenoxy) is 1. The fourth-order valence-corrected chi connectivity index (χ4v) is 2.31. The van der Waals surface area contributed by atoms with Crippen molar-refractivity contribution in [3.63, 3.8) is 0 Å². The lowest BCUT2D eigenvalue weighted by Crippen LogP contribution is -2.16. The Morgan fingerprint density at radius 3 is 2.39 bits per heavy atom. The van der Waals surface area contributed by atoms with Crippen molar-refractivity contribution in [3.8, 4) is 22.6 Å². The smallest absolute Gasteiger partial charge is 0.255 e. The van der Waals surface area contributed by atoms with Gasteiger partial charge < -0.3 is 4.74 Å². The maximum absolute atomic E-state index is 13.9. The second-order valence-corrected chi connectivity index (χ2v) is 4.85. The Bertz CT molecular complexity index is 873. The Balaban J connectivity index is 2.04. The number of benzene rings is 2. The largest absolute Gasteiger partial charge is 0.463 e. The van der Waals surface area contributed by atoms with E-state index in [2.05, 4.69) is 0 Å². The molecule has 0 fully saturated rings. The van der Waals surface area contributed by atoms with Crippen molar-refractivity contribution < 1.29 is 13.5 Å². The third kappa shape index (κ3) is 3.13. The van der Waals surface area contributed by atoms with E-state index in [1.165, 1.54) is 16.7 Å². The van der Waals surface area contributed by atoms with Crippen LogP contribution in [-0.2, 0) is 0 Å². The second-order valence-electron chi connectivity index (χ2n) is 4.85. The number of rotatable bonds is 4. The molecule has 0 radical (unpaired) electrons. The van der Waals surface area contributed by atoms with Gasteiger partial charge in [-0.15, -0.1) is 0 Å². The van der Waals surface area contributed by atoms with Crippen LogP contribution in [0.2, 0.25) is 0 Å². The average molecular weight is 313 g/mol. The Morgan fingerprint density at radius 2 is 1.70 bits per heavy atom. The monoisotopic (exact) mass is 313 g/mol. The summed E-state index contributed by atoms with van der Waals surface area (Å²) >= 11 is 0. The van der Waals surface area contributed by atoms with Crippen molar-refractivity contribution in [1.82, 2.24) is 4.57 Å². The van der Waals surface area contributed by atoms with Crippen molar-refractivity contribution >= 4 is 0 Å². The molecular formula is C18H13F2NO2. The first-order valence-corrected chi connectivity index (χ1v) is 6.96. The summed E-state index contributed by atoms with van der Waals surface area (Å²) in [7, 11) is 0. The molecule has 0 aliphatic rings. The van der Waals surface area contributed by atoms with Gasteiger partial charge in [0.25, 0.3) is 5.56 Å². The number of hydrogen-bond donors (Lipinski definition) is 0. The molecular weight excluding hydrogens is 300 g/mol. The zero-order valence-electron chi connectivity index (χ0n) is 12.1. The molecule has 0 unspecified atom stereocenters. The maximum atomic E-state index is 13.9. The van der Waals surface area contributed by atoms with E-state index in [0.717, 1.165) is 0 Å². The molecule has 0 spiro atoms. The van der Waals surface area contributed by atoms with Crippen LogP contribution in [0.1, 0.15) is 0 Å². The van der Waals surface area contributed by atoms with Gasteiger partial charge in [-0.1, -0.05) is 18.2 Å². The highest BCUT2D eigenvalue weighted by Crippen LogP contribution is 2.22. The molecule has 0 bridgehead atoms. The topological polar surface area (TPSA) is 31.2 Å². The Hall–Kier alpha value is -2.95. The van der Waals surface area contributed by atoms with Crippen LogP contribution < -0.4 is 10.3 Å². The number of aromatic nitrogens is 1.